The minimum absolute atomic E-state index is 0.228. The summed E-state index contributed by atoms with van der Waals surface area (Å²) in [6.45, 7) is 3.49. The summed E-state index contributed by atoms with van der Waals surface area (Å²) in [5, 5.41) is 7.95. The molecular formula is C19H15BrN4O3S. The van der Waals surface area contributed by atoms with E-state index in [4.69, 9.17) is 4.42 Å². The van der Waals surface area contributed by atoms with Crippen LogP contribution in [0.5, 0.6) is 0 Å². The second-order valence-corrected chi connectivity index (χ2v) is 8.33. The lowest BCUT2D eigenvalue weighted by atomic mass is 10.2. The van der Waals surface area contributed by atoms with Gasteiger partial charge >= 0.3 is 0 Å². The van der Waals surface area contributed by atoms with Crippen LogP contribution in [0.1, 0.15) is 10.6 Å². The van der Waals surface area contributed by atoms with E-state index < -0.39 is 5.56 Å². The van der Waals surface area contributed by atoms with Gasteiger partial charge in [-0.2, -0.15) is 5.10 Å². The van der Waals surface area contributed by atoms with Gasteiger partial charge in [-0.25, -0.2) is 9.67 Å². The highest BCUT2D eigenvalue weighted by molar-refractivity contribution is 9.10. The molecule has 3 aromatic heterocycles. The number of nitrogens with zero attached hydrogens (tertiary/aromatic N) is 3. The molecule has 0 saturated carbocycles. The molecule has 142 valence electrons. The number of aromatic nitrogens is 3. The molecule has 0 unspecified atom stereocenters. The molecule has 9 heteroatoms. The zero-order valence-corrected chi connectivity index (χ0v) is 17.4. The summed E-state index contributed by atoms with van der Waals surface area (Å²) in [5.74, 6) is 0.170. The van der Waals surface area contributed by atoms with Gasteiger partial charge in [0.05, 0.1) is 16.0 Å². The first-order valence-corrected chi connectivity index (χ1v) is 10.0. The fraction of sp³-hybridized carbons (Fsp3) is 0.158. The minimum atomic E-state index is -0.405. The molecule has 0 atom stereocenters. The lowest BCUT2D eigenvalue weighted by molar-refractivity contribution is -0.117. The van der Waals surface area contributed by atoms with Crippen molar-refractivity contribution in [1.29, 1.82) is 0 Å². The van der Waals surface area contributed by atoms with Crippen LogP contribution in [-0.4, -0.2) is 20.7 Å². The Bertz CT molecular complexity index is 1240. The Morgan fingerprint density at radius 2 is 2.14 bits per heavy atom. The van der Waals surface area contributed by atoms with Gasteiger partial charge in [0, 0.05) is 10.2 Å². The maximum absolute atomic E-state index is 12.8. The predicted octanol–water partition coefficient (Wildman–Crippen LogP) is 4.13. The van der Waals surface area contributed by atoms with Crippen molar-refractivity contribution in [3.8, 4) is 11.5 Å². The van der Waals surface area contributed by atoms with Gasteiger partial charge in [0.1, 0.15) is 12.2 Å². The second kappa shape index (κ2) is 7.33. The highest BCUT2D eigenvalue weighted by Crippen LogP contribution is 2.29. The van der Waals surface area contributed by atoms with Crippen LogP contribution in [-0.2, 0) is 11.3 Å². The fourth-order valence-electron chi connectivity index (χ4n) is 2.84. The van der Waals surface area contributed by atoms with Gasteiger partial charge in [-0.3, -0.25) is 9.59 Å². The number of carbonyl (C=O) groups excluding carboxylic acids is 1. The SMILES string of the molecule is Cc1nc2c(=O)n(CC(=O)Nc3ccc(Br)cc3C)nc(-c3ccco3)c2s1. The number of hydrogen-bond donors (Lipinski definition) is 1. The molecule has 4 rings (SSSR count). The Kier molecular flexibility index (Phi) is 4.86. The average molecular weight is 459 g/mol. The molecule has 1 N–H and O–H groups in total. The van der Waals surface area contributed by atoms with Crippen LogP contribution in [0.4, 0.5) is 5.69 Å². The van der Waals surface area contributed by atoms with Crippen LogP contribution in [0.15, 0.2) is 50.3 Å². The number of hydrogen-bond acceptors (Lipinski definition) is 6. The Hall–Kier alpha value is -2.78. The smallest absolute Gasteiger partial charge is 0.294 e. The van der Waals surface area contributed by atoms with Crippen molar-refractivity contribution in [2.75, 3.05) is 5.32 Å². The summed E-state index contributed by atoms with van der Waals surface area (Å²) in [6, 6.07) is 9.05. The molecule has 7 nitrogen and oxygen atoms in total. The van der Waals surface area contributed by atoms with E-state index in [1.165, 1.54) is 17.6 Å². The molecule has 3 heterocycles. The summed E-state index contributed by atoms with van der Waals surface area (Å²) in [5.41, 5.74) is 1.97. The third-order valence-electron chi connectivity index (χ3n) is 4.12. The topological polar surface area (TPSA) is 90.0 Å². The summed E-state index contributed by atoms with van der Waals surface area (Å²) < 4.78 is 8.16. The lowest BCUT2D eigenvalue weighted by Gasteiger charge is -2.10. The molecule has 0 aliphatic rings. The van der Waals surface area contributed by atoms with Crippen molar-refractivity contribution in [2.45, 2.75) is 20.4 Å². The van der Waals surface area contributed by atoms with E-state index in [1.807, 2.05) is 26.0 Å². The summed E-state index contributed by atoms with van der Waals surface area (Å²) in [4.78, 5) is 29.7. The Morgan fingerprint density at radius 1 is 1.32 bits per heavy atom. The second-order valence-electron chi connectivity index (χ2n) is 6.21. The van der Waals surface area contributed by atoms with Crippen molar-refractivity contribution in [1.82, 2.24) is 14.8 Å². The first-order valence-electron chi connectivity index (χ1n) is 8.40. The van der Waals surface area contributed by atoms with Crippen molar-refractivity contribution >= 4 is 49.1 Å². The van der Waals surface area contributed by atoms with Crippen LogP contribution < -0.4 is 10.9 Å². The maximum Gasteiger partial charge on any atom is 0.294 e. The van der Waals surface area contributed by atoms with Gasteiger partial charge in [0.15, 0.2) is 11.3 Å². The largest absolute Gasteiger partial charge is 0.463 e. The highest BCUT2D eigenvalue weighted by atomic mass is 79.9. The van der Waals surface area contributed by atoms with Crippen molar-refractivity contribution < 1.29 is 9.21 Å². The molecule has 0 spiro atoms. The molecule has 1 amide bonds. The molecule has 4 aromatic rings. The molecule has 0 fully saturated rings. The van der Waals surface area contributed by atoms with E-state index in [1.54, 1.807) is 18.2 Å². The van der Waals surface area contributed by atoms with Crippen molar-refractivity contribution in [2.24, 2.45) is 0 Å². The Balaban J connectivity index is 1.71. The van der Waals surface area contributed by atoms with Crippen LogP contribution in [0.3, 0.4) is 0 Å². The van der Waals surface area contributed by atoms with E-state index in [9.17, 15) is 9.59 Å². The summed E-state index contributed by atoms with van der Waals surface area (Å²) >= 11 is 4.77. The average Bonchev–Trinajstić information content (AvgIpc) is 3.29. The van der Waals surface area contributed by atoms with Crippen molar-refractivity contribution in [3.05, 3.63) is 62.0 Å². The number of thiazole rings is 1. The standard InChI is InChI=1S/C19H15BrN4O3S/c1-10-8-12(20)5-6-13(10)22-15(25)9-24-19(26)17-18(28-11(2)21-17)16(23-24)14-4-3-7-27-14/h3-8H,9H2,1-2H3,(H,22,25). The predicted molar refractivity (Wildman–Crippen MR) is 112 cm³/mol. The van der Waals surface area contributed by atoms with E-state index in [2.05, 4.69) is 31.3 Å². The number of furan rings is 1. The third-order valence-corrected chi connectivity index (χ3v) is 5.59. The Morgan fingerprint density at radius 3 is 2.86 bits per heavy atom. The van der Waals surface area contributed by atoms with Crippen LogP contribution in [0.2, 0.25) is 0 Å². The number of anilines is 1. The van der Waals surface area contributed by atoms with E-state index in [-0.39, 0.29) is 18.0 Å². The minimum Gasteiger partial charge on any atom is -0.463 e. The first-order chi connectivity index (χ1) is 13.4. The van der Waals surface area contributed by atoms with E-state index >= 15 is 0 Å². The number of halogens is 1. The maximum atomic E-state index is 12.8. The fourth-order valence-corrected chi connectivity index (χ4v) is 4.22. The summed E-state index contributed by atoms with van der Waals surface area (Å²) in [6.07, 6.45) is 1.54. The lowest BCUT2D eigenvalue weighted by Crippen LogP contribution is -2.30. The normalized spacial score (nSPS) is 11.1. The molecule has 0 radical (unpaired) electrons. The number of amides is 1. The number of aryl methyl sites for hydroxylation is 2. The molecule has 0 aliphatic heterocycles. The number of fused-ring (bicyclic) bond motifs is 1. The monoisotopic (exact) mass is 458 g/mol. The summed E-state index contributed by atoms with van der Waals surface area (Å²) in [7, 11) is 0. The molecule has 1 aromatic carbocycles. The molecule has 0 bridgehead atoms. The molecule has 0 saturated heterocycles. The molecule has 0 aliphatic carbocycles. The molecule has 28 heavy (non-hydrogen) atoms. The van der Waals surface area contributed by atoms with Crippen LogP contribution in [0, 0.1) is 13.8 Å². The van der Waals surface area contributed by atoms with Crippen molar-refractivity contribution in [3.63, 3.8) is 0 Å². The molecular weight excluding hydrogens is 444 g/mol. The zero-order chi connectivity index (χ0) is 19.8. The number of carbonyl (C=O) groups is 1. The third kappa shape index (κ3) is 3.50. The van der Waals surface area contributed by atoms with Gasteiger partial charge in [-0.1, -0.05) is 15.9 Å². The van der Waals surface area contributed by atoms with E-state index in [0.29, 0.717) is 21.8 Å². The van der Waals surface area contributed by atoms with Crippen LogP contribution >= 0.6 is 27.3 Å². The highest BCUT2D eigenvalue weighted by Gasteiger charge is 2.19. The quantitative estimate of drug-likeness (QED) is 0.496. The zero-order valence-electron chi connectivity index (χ0n) is 15.0. The van der Waals surface area contributed by atoms with Crippen LogP contribution in [0.25, 0.3) is 21.7 Å². The van der Waals surface area contributed by atoms with Gasteiger partial charge in [0.2, 0.25) is 5.91 Å². The number of rotatable bonds is 4. The van der Waals surface area contributed by atoms with Gasteiger partial charge in [0.25, 0.3) is 5.56 Å². The first kappa shape index (κ1) is 18.6. The van der Waals surface area contributed by atoms with Gasteiger partial charge < -0.3 is 9.73 Å². The van der Waals surface area contributed by atoms with Gasteiger partial charge in [-0.05, 0) is 49.7 Å². The van der Waals surface area contributed by atoms with E-state index in [0.717, 1.165) is 19.7 Å². The number of benzene rings is 1. The number of nitrogens with one attached hydrogen (secondary N) is 1. The Labute approximate surface area is 172 Å². The van der Waals surface area contributed by atoms with Gasteiger partial charge in [-0.15, -0.1) is 11.3 Å².